The van der Waals surface area contributed by atoms with Crippen LogP contribution in [0.15, 0.2) is 58.7 Å². The number of nitrogens with zero attached hydrogens (tertiary/aromatic N) is 3. The summed E-state index contributed by atoms with van der Waals surface area (Å²) >= 11 is 1.54. The summed E-state index contributed by atoms with van der Waals surface area (Å²) in [6.07, 6.45) is 0. The summed E-state index contributed by atoms with van der Waals surface area (Å²) in [7, 11) is 0. The predicted octanol–water partition coefficient (Wildman–Crippen LogP) is 3.01. The number of anilines is 2. The Bertz CT molecular complexity index is 1020. The highest BCUT2D eigenvalue weighted by molar-refractivity contribution is 7.13. The van der Waals surface area contributed by atoms with Crippen LogP contribution in [0.5, 0.6) is 0 Å². The number of ether oxygens (including phenoxy) is 1. The molecule has 0 saturated carbocycles. The molecule has 0 radical (unpaired) electrons. The van der Waals surface area contributed by atoms with Gasteiger partial charge in [0.15, 0.2) is 0 Å². The number of carbonyl (C=O) groups is 1. The van der Waals surface area contributed by atoms with E-state index in [-0.39, 0.29) is 11.5 Å². The van der Waals surface area contributed by atoms with Crippen LogP contribution >= 0.6 is 11.3 Å². The zero-order chi connectivity index (χ0) is 20.2. The van der Waals surface area contributed by atoms with Gasteiger partial charge in [-0.1, -0.05) is 6.07 Å². The van der Waals surface area contributed by atoms with E-state index < -0.39 is 6.04 Å². The van der Waals surface area contributed by atoms with Gasteiger partial charge in [-0.15, -0.1) is 11.3 Å². The molecule has 1 aliphatic heterocycles. The molecule has 1 atom stereocenters. The van der Waals surface area contributed by atoms with Gasteiger partial charge in [0.25, 0.3) is 5.56 Å². The molecule has 0 bridgehead atoms. The number of morpholine rings is 1. The Hall–Kier alpha value is -2.97. The third kappa shape index (κ3) is 4.38. The van der Waals surface area contributed by atoms with Crippen LogP contribution in [0.1, 0.15) is 13.0 Å². The minimum atomic E-state index is -0.735. The van der Waals surface area contributed by atoms with Gasteiger partial charge in [0, 0.05) is 30.5 Å². The fourth-order valence-corrected chi connectivity index (χ4v) is 3.88. The molecule has 1 aromatic carbocycles. The van der Waals surface area contributed by atoms with E-state index in [1.807, 2.05) is 41.8 Å². The first kappa shape index (κ1) is 19.4. The lowest BCUT2D eigenvalue weighted by atomic mass is 10.2. The molecular formula is C21H22N4O3S. The van der Waals surface area contributed by atoms with E-state index in [9.17, 15) is 9.59 Å². The summed E-state index contributed by atoms with van der Waals surface area (Å²) in [6.45, 7) is 4.84. The molecule has 1 saturated heterocycles. The number of amides is 1. The highest BCUT2D eigenvalue weighted by atomic mass is 32.1. The first-order chi connectivity index (χ1) is 14.1. The molecule has 7 nitrogen and oxygen atoms in total. The summed E-state index contributed by atoms with van der Waals surface area (Å²) in [5.74, 6) is -0.290. The van der Waals surface area contributed by atoms with Crippen molar-refractivity contribution in [2.75, 3.05) is 36.5 Å². The van der Waals surface area contributed by atoms with Gasteiger partial charge in [-0.3, -0.25) is 9.59 Å². The summed E-state index contributed by atoms with van der Waals surface area (Å²) in [5.41, 5.74) is 2.15. The number of hydrogen-bond donors (Lipinski definition) is 1. The van der Waals surface area contributed by atoms with E-state index in [2.05, 4.69) is 15.3 Å². The molecule has 0 spiro atoms. The lowest BCUT2D eigenvalue weighted by Gasteiger charge is -2.29. The van der Waals surface area contributed by atoms with E-state index in [1.54, 1.807) is 13.0 Å². The van der Waals surface area contributed by atoms with Gasteiger partial charge in [-0.25, -0.2) is 4.68 Å². The zero-order valence-electron chi connectivity index (χ0n) is 16.1. The summed E-state index contributed by atoms with van der Waals surface area (Å²) in [5, 5.41) is 9.21. The molecule has 3 aromatic rings. The van der Waals surface area contributed by atoms with E-state index in [1.165, 1.54) is 22.1 Å². The number of benzene rings is 1. The third-order valence-corrected chi connectivity index (χ3v) is 5.75. The standard InChI is InChI=1S/C21H22N4O3S/c1-15(25-20(26)9-8-18(23-25)19-3-2-14-29-19)21(27)22-16-4-6-17(7-5-16)24-10-12-28-13-11-24/h2-9,14-15H,10-13H2,1H3,(H,22,27). The molecule has 1 amide bonds. The second-order valence-corrected chi connectivity index (χ2v) is 7.74. The zero-order valence-corrected chi connectivity index (χ0v) is 16.9. The summed E-state index contributed by atoms with van der Waals surface area (Å²) in [4.78, 5) is 28.2. The Balaban J connectivity index is 1.47. The van der Waals surface area contributed by atoms with Crippen molar-refractivity contribution < 1.29 is 9.53 Å². The number of thiophene rings is 1. The van der Waals surface area contributed by atoms with Crippen LogP contribution in [-0.4, -0.2) is 42.0 Å². The predicted molar refractivity (Wildman–Crippen MR) is 115 cm³/mol. The molecule has 150 valence electrons. The Morgan fingerprint density at radius 3 is 2.59 bits per heavy atom. The molecule has 1 fully saturated rings. The van der Waals surface area contributed by atoms with Crippen LogP contribution in [-0.2, 0) is 9.53 Å². The minimum absolute atomic E-state index is 0.290. The topological polar surface area (TPSA) is 76.5 Å². The highest BCUT2D eigenvalue weighted by Gasteiger charge is 2.19. The summed E-state index contributed by atoms with van der Waals surface area (Å²) < 4.78 is 6.60. The lowest BCUT2D eigenvalue weighted by molar-refractivity contribution is -0.119. The SMILES string of the molecule is CC(C(=O)Nc1ccc(N2CCOCC2)cc1)n1nc(-c2cccs2)ccc1=O. The normalized spacial score (nSPS) is 15.1. The van der Waals surface area contributed by atoms with Gasteiger partial charge in [0.2, 0.25) is 5.91 Å². The van der Waals surface area contributed by atoms with Gasteiger partial charge in [-0.2, -0.15) is 5.10 Å². The van der Waals surface area contributed by atoms with Gasteiger partial charge in [0.1, 0.15) is 11.7 Å². The lowest BCUT2D eigenvalue weighted by Crippen LogP contribution is -2.36. The quantitative estimate of drug-likeness (QED) is 0.700. The second-order valence-electron chi connectivity index (χ2n) is 6.79. The van der Waals surface area contributed by atoms with Gasteiger partial charge in [0.05, 0.1) is 18.1 Å². The van der Waals surface area contributed by atoms with Crippen molar-refractivity contribution in [2.45, 2.75) is 13.0 Å². The second kappa shape index (κ2) is 8.59. The maximum absolute atomic E-state index is 12.7. The van der Waals surface area contributed by atoms with E-state index in [0.29, 0.717) is 11.4 Å². The molecule has 0 aliphatic carbocycles. The molecule has 1 unspecified atom stereocenters. The van der Waals surface area contributed by atoms with Crippen molar-refractivity contribution in [1.82, 2.24) is 9.78 Å². The van der Waals surface area contributed by atoms with E-state index >= 15 is 0 Å². The van der Waals surface area contributed by atoms with Crippen molar-refractivity contribution >= 4 is 28.6 Å². The summed E-state index contributed by atoms with van der Waals surface area (Å²) in [6, 6.07) is 13.9. The molecule has 3 heterocycles. The van der Waals surface area contributed by atoms with Crippen LogP contribution < -0.4 is 15.8 Å². The molecular weight excluding hydrogens is 388 g/mol. The smallest absolute Gasteiger partial charge is 0.267 e. The number of rotatable bonds is 5. The maximum atomic E-state index is 12.7. The molecule has 1 N–H and O–H groups in total. The number of carbonyl (C=O) groups excluding carboxylic acids is 1. The molecule has 4 rings (SSSR count). The van der Waals surface area contributed by atoms with Crippen LogP contribution in [0.4, 0.5) is 11.4 Å². The average molecular weight is 410 g/mol. The number of nitrogens with one attached hydrogen (secondary N) is 1. The fraction of sp³-hybridized carbons (Fsp3) is 0.286. The molecule has 29 heavy (non-hydrogen) atoms. The Morgan fingerprint density at radius 2 is 1.90 bits per heavy atom. The monoisotopic (exact) mass is 410 g/mol. The van der Waals surface area contributed by atoms with Gasteiger partial charge < -0.3 is 15.0 Å². The third-order valence-electron chi connectivity index (χ3n) is 4.86. The first-order valence-electron chi connectivity index (χ1n) is 9.49. The van der Waals surface area contributed by atoms with E-state index in [0.717, 1.165) is 36.9 Å². The largest absolute Gasteiger partial charge is 0.378 e. The van der Waals surface area contributed by atoms with Crippen LogP contribution in [0.3, 0.4) is 0 Å². The van der Waals surface area contributed by atoms with Crippen molar-refractivity contribution in [1.29, 1.82) is 0 Å². The number of aromatic nitrogens is 2. The molecule has 8 heteroatoms. The van der Waals surface area contributed by atoms with Crippen LogP contribution in [0.25, 0.3) is 10.6 Å². The van der Waals surface area contributed by atoms with Gasteiger partial charge >= 0.3 is 0 Å². The number of hydrogen-bond acceptors (Lipinski definition) is 6. The highest BCUT2D eigenvalue weighted by Crippen LogP contribution is 2.22. The Morgan fingerprint density at radius 1 is 1.14 bits per heavy atom. The van der Waals surface area contributed by atoms with Gasteiger partial charge in [-0.05, 0) is 48.7 Å². The molecule has 1 aliphatic rings. The molecule has 2 aromatic heterocycles. The first-order valence-corrected chi connectivity index (χ1v) is 10.4. The fourth-order valence-electron chi connectivity index (χ4n) is 3.19. The maximum Gasteiger partial charge on any atom is 0.267 e. The van der Waals surface area contributed by atoms with Crippen LogP contribution in [0, 0.1) is 0 Å². The van der Waals surface area contributed by atoms with Crippen molar-refractivity contribution in [3.05, 3.63) is 64.3 Å². The van der Waals surface area contributed by atoms with Crippen molar-refractivity contribution in [3.8, 4) is 10.6 Å². The van der Waals surface area contributed by atoms with E-state index in [4.69, 9.17) is 4.74 Å². The average Bonchev–Trinajstić information content (AvgIpc) is 3.30. The van der Waals surface area contributed by atoms with Crippen molar-refractivity contribution in [3.63, 3.8) is 0 Å². The minimum Gasteiger partial charge on any atom is -0.378 e. The van der Waals surface area contributed by atoms with Crippen LogP contribution in [0.2, 0.25) is 0 Å². The Labute approximate surface area is 172 Å². The Kier molecular flexibility index (Phi) is 5.73. The van der Waals surface area contributed by atoms with Crippen molar-refractivity contribution in [2.24, 2.45) is 0 Å².